The standard InChI is InChI=1S/C28H36Cl2FN5O4/c1-3-21-26(19-8-7-18(29)15-20(19)30)32-22(4-2)27(33-21)34-23-16-36(17-24(23)40-25(37)9-10-31)28(38)39-14-13-35-11-5-6-12-35/h7-8,15,23-24H,3-6,9-14,16-17H2,1-2H3,(H,33,34)/t23-,24+/m1/s1. The van der Waals surface area contributed by atoms with Gasteiger partial charge in [0.05, 0.1) is 47.8 Å². The third-order valence-corrected chi connectivity index (χ3v) is 7.70. The molecule has 2 aliphatic rings. The molecule has 218 valence electrons. The normalized spacial score (nSPS) is 19.2. The fourth-order valence-corrected chi connectivity index (χ4v) is 5.53. The third kappa shape index (κ3) is 7.53. The summed E-state index contributed by atoms with van der Waals surface area (Å²) in [4.78, 5) is 38.6. The van der Waals surface area contributed by atoms with Crippen LogP contribution in [0.4, 0.5) is 15.0 Å². The van der Waals surface area contributed by atoms with Crippen LogP contribution < -0.4 is 5.32 Å². The van der Waals surface area contributed by atoms with E-state index in [4.69, 9.17) is 42.6 Å². The minimum Gasteiger partial charge on any atom is -0.458 e. The van der Waals surface area contributed by atoms with Crippen molar-refractivity contribution < 1.29 is 23.5 Å². The van der Waals surface area contributed by atoms with E-state index in [1.807, 2.05) is 19.9 Å². The molecule has 0 saturated carbocycles. The van der Waals surface area contributed by atoms with Crippen LogP contribution in [0.15, 0.2) is 18.2 Å². The van der Waals surface area contributed by atoms with E-state index in [2.05, 4.69) is 10.2 Å². The van der Waals surface area contributed by atoms with Crippen molar-refractivity contribution in [2.75, 3.05) is 51.3 Å². The van der Waals surface area contributed by atoms with Gasteiger partial charge in [-0.2, -0.15) is 0 Å². The predicted octanol–water partition coefficient (Wildman–Crippen LogP) is 5.18. The van der Waals surface area contributed by atoms with Gasteiger partial charge in [0, 0.05) is 23.7 Å². The second kappa shape index (κ2) is 14.3. The number of carbonyl (C=O) groups is 2. The van der Waals surface area contributed by atoms with Crippen LogP contribution in [-0.2, 0) is 27.1 Å². The van der Waals surface area contributed by atoms with E-state index in [9.17, 15) is 14.0 Å². The minimum atomic E-state index is -0.814. The quantitative estimate of drug-likeness (QED) is 0.355. The molecule has 1 N–H and O–H groups in total. The number of anilines is 1. The highest BCUT2D eigenvalue weighted by Gasteiger charge is 2.39. The number of ether oxygens (including phenoxy) is 2. The Hall–Kier alpha value is -2.69. The lowest BCUT2D eigenvalue weighted by Gasteiger charge is -2.22. The molecule has 3 heterocycles. The number of nitrogens with zero attached hydrogens (tertiary/aromatic N) is 4. The van der Waals surface area contributed by atoms with Gasteiger partial charge in [-0.05, 0) is 57.0 Å². The van der Waals surface area contributed by atoms with E-state index in [1.165, 1.54) is 4.90 Å². The summed E-state index contributed by atoms with van der Waals surface area (Å²) in [6.07, 6.45) is 1.96. The van der Waals surface area contributed by atoms with Gasteiger partial charge in [0.1, 0.15) is 18.5 Å². The van der Waals surface area contributed by atoms with E-state index in [0.717, 1.165) is 37.2 Å². The Morgan fingerprint density at radius 1 is 1.10 bits per heavy atom. The van der Waals surface area contributed by atoms with Crippen LogP contribution in [0.5, 0.6) is 0 Å². The van der Waals surface area contributed by atoms with E-state index >= 15 is 0 Å². The predicted molar refractivity (Wildman–Crippen MR) is 153 cm³/mol. The first-order valence-corrected chi connectivity index (χ1v) is 14.6. The first-order valence-electron chi connectivity index (χ1n) is 13.8. The molecule has 1 aromatic heterocycles. The number of amides is 1. The van der Waals surface area contributed by atoms with Crippen molar-refractivity contribution in [3.05, 3.63) is 39.6 Å². The second-order valence-corrected chi connectivity index (χ2v) is 10.8. The van der Waals surface area contributed by atoms with Crippen LogP contribution in [0.2, 0.25) is 10.0 Å². The largest absolute Gasteiger partial charge is 0.458 e. The van der Waals surface area contributed by atoms with Crippen LogP contribution in [0.3, 0.4) is 0 Å². The number of aromatic nitrogens is 2. The molecular formula is C28H36Cl2FN5O4. The van der Waals surface area contributed by atoms with Gasteiger partial charge in [0.2, 0.25) is 0 Å². The number of benzene rings is 1. The Morgan fingerprint density at radius 3 is 2.52 bits per heavy atom. The molecule has 40 heavy (non-hydrogen) atoms. The van der Waals surface area contributed by atoms with Gasteiger partial charge in [0.15, 0.2) is 0 Å². The summed E-state index contributed by atoms with van der Waals surface area (Å²) in [7, 11) is 0. The number of rotatable bonds is 11. The molecule has 1 aromatic carbocycles. The van der Waals surface area contributed by atoms with E-state index in [1.54, 1.807) is 12.1 Å². The zero-order chi connectivity index (χ0) is 28.6. The zero-order valence-corrected chi connectivity index (χ0v) is 24.4. The minimum absolute atomic E-state index is 0.131. The number of alkyl halides is 1. The van der Waals surface area contributed by atoms with Crippen molar-refractivity contribution in [3.63, 3.8) is 0 Å². The SMILES string of the molecule is CCc1nc(-c2ccc(Cl)cc2Cl)c(CC)nc1N[C@@H]1CN(C(=O)OCCN2CCCC2)C[C@@H]1OC(=O)CCF. The molecule has 9 nitrogen and oxygen atoms in total. The molecule has 0 unspecified atom stereocenters. The number of esters is 1. The molecule has 2 aliphatic heterocycles. The van der Waals surface area contributed by atoms with Gasteiger partial charge in [0.25, 0.3) is 0 Å². The Morgan fingerprint density at radius 2 is 1.85 bits per heavy atom. The average Bonchev–Trinajstić information content (AvgIpc) is 3.59. The van der Waals surface area contributed by atoms with Crippen molar-refractivity contribution in [2.24, 2.45) is 0 Å². The Kier molecular flexibility index (Phi) is 10.8. The van der Waals surface area contributed by atoms with Gasteiger partial charge in [-0.1, -0.05) is 37.0 Å². The highest BCUT2D eigenvalue weighted by atomic mass is 35.5. The summed E-state index contributed by atoms with van der Waals surface area (Å²) < 4.78 is 23.9. The molecule has 2 aromatic rings. The third-order valence-electron chi connectivity index (χ3n) is 7.16. The number of hydrogen-bond donors (Lipinski definition) is 1. The van der Waals surface area contributed by atoms with Gasteiger partial charge in [-0.15, -0.1) is 0 Å². The highest BCUT2D eigenvalue weighted by Crippen LogP contribution is 2.33. The molecule has 0 aliphatic carbocycles. The molecule has 2 fully saturated rings. The summed E-state index contributed by atoms with van der Waals surface area (Å²) in [5, 5.41) is 4.37. The van der Waals surface area contributed by atoms with Crippen LogP contribution >= 0.6 is 23.2 Å². The van der Waals surface area contributed by atoms with Gasteiger partial charge >= 0.3 is 12.1 Å². The van der Waals surface area contributed by atoms with Crippen LogP contribution in [0.25, 0.3) is 11.3 Å². The van der Waals surface area contributed by atoms with Crippen LogP contribution in [0, 0.1) is 0 Å². The lowest BCUT2D eigenvalue weighted by atomic mass is 10.1. The molecule has 0 radical (unpaired) electrons. The molecule has 1 amide bonds. The lowest BCUT2D eigenvalue weighted by Crippen LogP contribution is -2.37. The fourth-order valence-electron chi connectivity index (χ4n) is 5.03. The number of aryl methyl sites for hydroxylation is 2. The molecule has 2 atom stereocenters. The Labute approximate surface area is 244 Å². The number of nitrogens with one attached hydrogen (secondary N) is 1. The maximum atomic E-state index is 12.9. The zero-order valence-electron chi connectivity index (χ0n) is 22.9. The topological polar surface area (TPSA) is 96.9 Å². The highest BCUT2D eigenvalue weighted by molar-refractivity contribution is 6.36. The van der Waals surface area contributed by atoms with Crippen molar-refractivity contribution in [1.29, 1.82) is 0 Å². The van der Waals surface area contributed by atoms with Crippen LogP contribution in [-0.4, -0.2) is 90.0 Å². The van der Waals surface area contributed by atoms with Crippen molar-refractivity contribution >= 4 is 41.1 Å². The summed E-state index contributed by atoms with van der Waals surface area (Å²) in [6, 6.07) is 4.77. The summed E-state index contributed by atoms with van der Waals surface area (Å²) in [5.74, 6) is -0.124. The van der Waals surface area contributed by atoms with Crippen molar-refractivity contribution in [1.82, 2.24) is 19.8 Å². The van der Waals surface area contributed by atoms with Gasteiger partial charge in [-0.25, -0.2) is 14.8 Å². The smallest absolute Gasteiger partial charge is 0.410 e. The number of likely N-dealkylation sites (tertiary alicyclic amines) is 2. The first-order chi connectivity index (χ1) is 19.3. The first kappa shape index (κ1) is 30.3. The van der Waals surface area contributed by atoms with E-state index < -0.39 is 30.9 Å². The second-order valence-electron chi connectivity index (χ2n) is 9.93. The molecule has 0 spiro atoms. The van der Waals surface area contributed by atoms with Crippen molar-refractivity contribution in [3.8, 4) is 11.3 Å². The lowest BCUT2D eigenvalue weighted by molar-refractivity contribution is -0.149. The fraction of sp³-hybridized carbons (Fsp3) is 0.571. The maximum Gasteiger partial charge on any atom is 0.410 e. The van der Waals surface area contributed by atoms with E-state index in [-0.39, 0.29) is 19.5 Å². The number of halogens is 3. The van der Waals surface area contributed by atoms with Crippen molar-refractivity contribution in [2.45, 2.75) is 58.1 Å². The maximum absolute atomic E-state index is 12.9. The number of hydrogen-bond acceptors (Lipinski definition) is 8. The molecule has 0 bridgehead atoms. The van der Waals surface area contributed by atoms with Gasteiger partial charge < -0.3 is 19.7 Å². The Bertz CT molecular complexity index is 1200. The molecule has 12 heteroatoms. The van der Waals surface area contributed by atoms with Crippen LogP contribution in [0.1, 0.15) is 44.5 Å². The van der Waals surface area contributed by atoms with E-state index in [0.29, 0.717) is 53.2 Å². The average molecular weight is 597 g/mol. The summed E-state index contributed by atoms with van der Waals surface area (Å²) in [6.45, 7) is 6.50. The molecule has 2 saturated heterocycles. The number of carbonyl (C=O) groups excluding carboxylic acids is 2. The van der Waals surface area contributed by atoms with Gasteiger partial charge in [-0.3, -0.25) is 14.1 Å². The molecule has 4 rings (SSSR count). The summed E-state index contributed by atoms with van der Waals surface area (Å²) in [5.41, 5.74) is 2.83. The summed E-state index contributed by atoms with van der Waals surface area (Å²) >= 11 is 12.6. The molecular weight excluding hydrogens is 560 g/mol. The monoisotopic (exact) mass is 595 g/mol. The Balaban J connectivity index is 1.53.